The Hall–Kier alpha value is -0.790. The molecule has 0 bridgehead atoms. The SMILES string of the molecule is Cn1ncc2c1CC(C)(C)CC2(C)C. The molecule has 0 N–H and O–H groups in total. The molecule has 1 heterocycles. The fraction of sp³-hybridized carbons (Fsp3) is 0.750. The summed E-state index contributed by atoms with van der Waals surface area (Å²) in [6.07, 6.45) is 4.45. The third-order valence-electron chi connectivity index (χ3n) is 3.36. The Kier molecular flexibility index (Phi) is 1.82. The van der Waals surface area contributed by atoms with E-state index < -0.39 is 0 Å². The highest BCUT2D eigenvalue weighted by Crippen LogP contribution is 2.45. The second-order valence-corrected chi connectivity index (χ2v) is 6.03. The molecule has 0 aromatic carbocycles. The summed E-state index contributed by atoms with van der Waals surface area (Å²) in [7, 11) is 2.05. The molecule has 0 saturated carbocycles. The lowest BCUT2D eigenvalue weighted by Gasteiger charge is -2.40. The highest BCUT2D eigenvalue weighted by atomic mass is 15.3. The largest absolute Gasteiger partial charge is 0.272 e. The fourth-order valence-corrected chi connectivity index (χ4v) is 3.05. The van der Waals surface area contributed by atoms with Gasteiger partial charge in [-0.1, -0.05) is 27.7 Å². The van der Waals surface area contributed by atoms with Crippen molar-refractivity contribution in [3.8, 4) is 0 Å². The van der Waals surface area contributed by atoms with Crippen LogP contribution in [0.4, 0.5) is 0 Å². The molecule has 2 nitrogen and oxygen atoms in total. The molecule has 1 aromatic rings. The molecule has 0 aliphatic heterocycles. The maximum absolute atomic E-state index is 4.38. The number of aryl methyl sites for hydroxylation is 1. The van der Waals surface area contributed by atoms with Crippen molar-refractivity contribution in [2.75, 3.05) is 0 Å². The first-order chi connectivity index (χ1) is 6.32. The molecule has 14 heavy (non-hydrogen) atoms. The van der Waals surface area contributed by atoms with Gasteiger partial charge in [0, 0.05) is 12.7 Å². The Balaban J connectivity index is 2.54. The van der Waals surface area contributed by atoms with Gasteiger partial charge in [-0.25, -0.2) is 0 Å². The smallest absolute Gasteiger partial charge is 0.0530 e. The Morgan fingerprint density at radius 1 is 1.29 bits per heavy atom. The van der Waals surface area contributed by atoms with E-state index >= 15 is 0 Å². The quantitative estimate of drug-likeness (QED) is 0.618. The van der Waals surface area contributed by atoms with Crippen molar-refractivity contribution in [3.05, 3.63) is 17.5 Å². The molecule has 0 spiro atoms. The second kappa shape index (κ2) is 2.62. The van der Waals surface area contributed by atoms with Crippen LogP contribution in [0.1, 0.15) is 45.4 Å². The zero-order chi connectivity index (χ0) is 10.6. The number of fused-ring (bicyclic) bond motifs is 1. The van der Waals surface area contributed by atoms with Crippen LogP contribution in [0.5, 0.6) is 0 Å². The van der Waals surface area contributed by atoms with E-state index in [1.807, 2.05) is 10.9 Å². The first-order valence-electron chi connectivity index (χ1n) is 5.33. The van der Waals surface area contributed by atoms with Crippen LogP contribution in [-0.2, 0) is 18.9 Å². The third kappa shape index (κ3) is 1.37. The molecule has 2 heteroatoms. The monoisotopic (exact) mass is 192 g/mol. The summed E-state index contributed by atoms with van der Waals surface area (Å²) in [5.41, 5.74) is 3.56. The highest BCUT2D eigenvalue weighted by Gasteiger charge is 2.39. The average molecular weight is 192 g/mol. The van der Waals surface area contributed by atoms with Crippen molar-refractivity contribution in [2.45, 2.75) is 46.0 Å². The van der Waals surface area contributed by atoms with Gasteiger partial charge >= 0.3 is 0 Å². The van der Waals surface area contributed by atoms with E-state index in [1.54, 1.807) is 0 Å². The van der Waals surface area contributed by atoms with Crippen LogP contribution < -0.4 is 0 Å². The predicted octanol–water partition coefficient (Wildman–Crippen LogP) is 2.67. The lowest BCUT2D eigenvalue weighted by Crippen LogP contribution is -2.34. The molecule has 0 fully saturated rings. The van der Waals surface area contributed by atoms with E-state index in [0.717, 1.165) is 6.42 Å². The van der Waals surface area contributed by atoms with Gasteiger partial charge < -0.3 is 0 Å². The van der Waals surface area contributed by atoms with Crippen molar-refractivity contribution >= 4 is 0 Å². The van der Waals surface area contributed by atoms with Gasteiger partial charge in [0.25, 0.3) is 0 Å². The Morgan fingerprint density at radius 2 is 1.93 bits per heavy atom. The molecule has 1 aromatic heterocycles. The molecule has 0 saturated heterocycles. The average Bonchev–Trinajstić information content (AvgIpc) is 2.28. The summed E-state index contributed by atoms with van der Waals surface area (Å²) in [4.78, 5) is 0. The van der Waals surface area contributed by atoms with Crippen LogP contribution in [0.15, 0.2) is 6.20 Å². The summed E-state index contributed by atoms with van der Waals surface area (Å²) in [5, 5.41) is 4.38. The van der Waals surface area contributed by atoms with E-state index in [9.17, 15) is 0 Å². The summed E-state index contributed by atoms with van der Waals surface area (Å²) in [6.45, 7) is 9.36. The number of aromatic nitrogens is 2. The van der Waals surface area contributed by atoms with Crippen molar-refractivity contribution in [1.82, 2.24) is 9.78 Å². The standard InChI is InChI=1S/C12H20N2/c1-11(2)6-10-9(7-13-14(10)5)12(3,4)8-11/h7H,6,8H2,1-5H3. The Morgan fingerprint density at radius 3 is 2.57 bits per heavy atom. The molecular weight excluding hydrogens is 172 g/mol. The molecule has 0 radical (unpaired) electrons. The van der Waals surface area contributed by atoms with E-state index in [-0.39, 0.29) is 5.41 Å². The second-order valence-electron chi connectivity index (χ2n) is 6.03. The van der Waals surface area contributed by atoms with Crippen molar-refractivity contribution in [1.29, 1.82) is 0 Å². The maximum Gasteiger partial charge on any atom is 0.0530 e. The predicted molar refractivity (Wildman–Crippen MR) is 58.3 cm³/mol. The van der Waals surface area contributed by atoms with Crippen LogP contribution in [0.3, 0.4) is 0 Å². The topological polar surface area (TPSA) is 17.8 Å². The summed E-state index contributed by atoms with van der Waals surface area (Å²) < 4.78 is 2.04. The van der Waals surface area contributed by atoms with Crippen LogP contribution >= 0.6 is 0 Å². The number of hydrogen-bond acceptors (Lipinski definition) is 1. The molecule has 1 aliphatic rings. The minimum atomic E-state index is 0.283. The Bertz CT molecular complexity index is 358. The zero-order valence-electron chi connectivity index (χ0n) is 9.89. The highest BCUT2D eigenvalue weighted by molar-refractivity contribution is 5.31. The third-order valence-corrected chi connectivity index (χ3v) is 3.36. The zero-order valence-corrected chi connectivity index (χ0v) is 9.89. The van der Waals surface area contributed by atoms with Gasteiger partial charge in [-0.15, -0.1) is 0 Å². The first-order valence-corrected chi connectivity index (χ1v) is 5.33. The lowest BCUT2D eigenvalue weighted by molar-refractivity contribution is 0.226. The van der Waals surface area contributed by atoms with Crippen molar-refractivity contribution in [3.63, 3.8) is 0 Å². The number of nitrogens with zero attached hydrogens (tertiary/aromatic N) is 2. The molecule has 2 rings (SSSR count). The van der Waals surface area contributed by atoms with E-state index in [4.69, 9.17) is 0 Å². The number of rotatable bonds is 0. The van der Waals surface area contributed by atoms with Gasteiger partial charge in [-0.05, 0) is 29.2 Å². The normalized spacial score (nSPS) is 23.2. The van der Waals surface area contributed by atoms with Crippen LogP contribution in [-0.4, -0.2) is 9.78 Å². The maximum atomic E-state index is 4.38. The number of hydrogen-bond donors (Lipinski definition) is 0. The summed E-state index contributed by atoms with van der Waals surface area (Å²) >= 11 is 0. The molecule has 0 amide bonds. The first kappa shape index (κ1) is 9.75. The van der Waals surface area contributed by atoms with E-state index in [2.05, 4.69) is 39.8 Å². The minimum absolute atomic E-state index is 0.283. The van der Waals surface area contributed by atoms with Gasteiger partial charge in [-0.3, -0.25) is 4.68 Å². The van der Waals surface area contributed by atoms with Gasteiger partial charge in [-0.2, -0.15) is 5.10 Å². The van der Waals surface area contributed by atoms with Crippen molar-refractivity contribution in [2.24, 2.45) is 12.5 Å². The molecule has 0 atom stereocenters. The molecule has 78 valence electrons. The van der Waals surface area contributed by atoms with Gasteiger partial charge in [0.1, 0.15) is 0 Å². The summed E-state index contributed by atoms with van der Waals surface area (Å²) in [6, 6.07) is 0. The Labute approximate surface area is 86.3 Å². The molecular formula is C12H20N2. The van der Waals surface area contributed by atoms with E-state index in [0.29, 0.717) is 5.41 Å². The van der Waals surface area contributed by atoms with Crippen molar-refractivity contribution < 1.29 is 0 Å². The minimum Gasteiger partial charge on any atom is -0.272 e. The van der Waals surface area contributed by atoms with Gasteiger partial charge in [0.05, 0.1) is 6.20 Å². The molecule has 1 aliphatic carbocycles. The van der Waals surface area contributed by atoms with Crippen LogP contribution in [0, 0.1) is 5.41 Å². The molecule has 0 unspecified atom stereocenters. The van der Waals surface area contributed by atoms with Crippen LogP contribution in [0.25, 0.3) is 0 Å². The fourth-order valence-electron chi connectivity index (χ4n) is 3.05. The lowest BCUT2D eigenvalue weighted by atomic mass is 9.64. The van der Waals surface area contributed by atoms with Crippen LogP contribution in [0.2, 0.25) is 0 Å². The van der Waals surface area contributed by atoms with E-state index in [1.165, 1.54) is 17.7 Å². The van der Waals surface area contributed by atoms with Gasteiger partial charge in [0.2, 0.25) is 0 Å². The van der Waals surface area contributed by atoms with Gasteiger partial charge in [0.15, 0.2) is 0 Å². The summed E-state index contributed by atoms with van der Waals surface area (Å²) in [5.74, 6) is 0.